The van der Waals surface area contributed by atoms with Gasteiger partial charge in [-0.05, 0) is 54.8 Å². The number of carbonyl (C=O) groups excluding carboxylic acids is 1. The van der Waals surface area contributed by atoms with Crippen LogP contribution < -0.4 is 9.47 Å². The van der Waals surface area contributed by atoms with E-state index in [-0.39, 0.29) is 5.91 Å². The van der Waals surface area contributed by atoms with Crippen LogP contribution in [0.5, 0.6) is 11.5 Å². The summed E-state index contributed by atoms with van der Waals surface area (Å²) in [5, 5.41) is 0. The van der Waals surface area contributed by atoms with Gasteiger partial charge in [0, 0.05) is 23.6 Å². The minimum Gasteiger partial charge on any atom is -0.493 e. The summed E-state index contributed by atoms with van der Waals surface area (Å²) in [5.41, 5.74) is 2.85. The highest BCUT2D eigenvalue weighted by atomic mass is 79.9. The molecule has 0 radical (unpaired) electrons. The molecule has 0 N–H and O–H groups in total. The first-order chi connectivity index (χ1) is 11.5. The molecule has 0 atom stereocenters. The molecular weight excluding hydrogens is 370 g/mol. The molecule has 0 spiro atoms. The van der Waals surface area contributed by atoms with Gasteiger partial charge in [0.15, 0.2) is 11.5 Å². The number of aryl methyl sites for hydroxylation is 1. The van der Waals surface area contributed by atoms with Crippen molar-refractivity contribution in [2.75, 3.05) is 27.8 Å². The highest BCUT2D eigenvalue weighted by Crippen LogP contribution is 2.27. The lowest BCUT2D eigenvalue weighted by Gasteiger charge is -2.18. The lowest BCUT2D eigenvalue weighted by molar-refractivity contribution is 0.0796. The van der Waals surface area contributed by atoms with Crippen molar-refractivity contribution in [2.24, 2.45) is 0 Å². The van der Waals surface area contributed by atoms with Gasteiger partial charge in [0.2, 0.25) is 0 Å². The Labute approximate surface area is 151 Å². The Morgan fingerprint density at radius 1 is 1.08 bits per heavy atom. The zero-order valence-electron chi connectivity index (χ0n) is 14.4. The summed E-state index contributed by atoms with van der Waals surface area (Å²) in [6.07, 6.45) is 0.748. The maximum atomic E-state index is 12.5. The number of amides is 1. The Morgan fingerprint density at radius 2 is 1.79 bits per heavy atom. The van der Waals surface area contributed by atoms with Crippen molar-refractivity contribution in [3.8, 4) is 11.5 Å². The van der Waals surface area contributed by atoms with Crippen LogP contribution in [0.3, 0.4) is 0 Å². The van der Waals surface area contributed by atoms with E-state index in [1.807, 2.05) is 50.4 Å². The number of rotatable bonds is 6. The largest absolute Gasteiger partial charge is 0.493 e. The van der Waals surface area contributed by atoms with Gasteiger partial charge < -0.3 is 14.4 Å². The molecule has 0 heterocycles. The quantitative estimate of drug-likeness (QED) is 0.744. The molecule has 2 rings (SSSR count). The summed E-state index contributed by atoms with van der Waals surface area (Å²) in [6.45, 7) is 2.61. The maximum Gasteiger partial charge on any atom is 0.253 e. The van der Waals surface area contributed by atoms with Gasteiger partial charge in [-0.25, -0.2) is 0 Å². The second-order valence-electron chi connectivity index (χ2n) is 5.63. The zero-order valence-corrected chi connectivity index (χ0v) is 16.0. The third-order valence-electron chi connectivity index (χ3n) is 3.94. The van der Waals surface area contributed by atoms with Crippen molar-refractivity contribution in [1.29, 1.82) is 0 Å². The summed E-state index contributed by atoms with van der Waals surface area (Å²) in [5.74, 6) is 1.43. The third kappa shape index (κ3) is 4.29. The van der Waals surface area contributed by atoms with Crippen molar-refractivity contribution in [2.45, 2.75) is 13.3 Å². The van der Waals surface area contributed by atoms with Gasteiger partial charge in [-0.1, -0.05) is 22.0 Å². The first kappa shape index (κ1) is 18.3. The van der Waals surface area contributed by atoms with Crippen molar-refractivity contribution in [3.63, 3.8) is 0 Å². The first-order valence-electron chi connectivity index (χ1n) is 7.68. The summed E-state index contributed by atoms with van der Waals surface area (Å²) < 4.78 is 11.6. The van der Waals surface area contributed by atoms with E-state index in [1.165, 1.54) is 0 Å². The van der Waals surface area contributed by atoms with Crippen LogP contribution in [0.2, 0.25) is 0 Å². The highest BCUT2D eigenvalue weighted by molar-refractivity contribution is 9.10. The molecule has 24 heavy (non-hydrogen) atoms. The number of hydrogen-bond acceptors (Lipinski definition) is 3. The van der Waals surface area contributed by atoms with Gasteiger partial charge in [-0.3, -0.25) is 4.79 Å². The smallest absolute Gasteiger partial charge is 0.253 e. The van der Waals surface area contributed by atoms with E-state index in [0.717, 1.165) is 22.0 Å². The second-order valence-corrected chi connectivity index (χ2v) is 6.48. The number of halogens is 1. The summed E-state index contributed by atoms with van der Waals surface area (Å²) in [4.78, 5) is 14.3. The van der Waals surface area contributed by atoms with Gasteiger partial charge in [-0.15, -0.1) is 0 Å². The van der Waals surface area contributed by atoms with E-state index in [0.29, 0.717) is 23.6 Å². The molecule has 1 amide bonds. The number of methoxy groups -OCH3 is 2. The van der Waals surface area contributed by atoms with E-state index in [4.69, 9.17) is 9.47 Å². The summed E-state index contributed by atoms with van der Waals surface area (Å²) >= 11 is 3.46. The fourth-order valence-corrected chi connectivity index (χ4v) is 2.68. The molecule has 0 aliphatic carbocycles. The van der Waals surface area contributed by atoms with E-state index in [9.17, 15) is 4.79 Å². The topological polar surface area (TPSA) is 38.8 Å². The van der Waals surface area contributed by atoms with Gasteiger partial charge in [0.05, 0.1) is 14.2 Å². The fourth-order valence-electron chi connectivity index (χ4n) is 2.43. The second kappa shape index (κ2) is 8.20. The van der Waals surface area contributed by atoms with Crippen LogP contribution in [0.25, 0.3) is 0 Å². The van der Waals surface area contributed by atoms with Crippen molar-refractivity contribution in [3.05, 3.63) is 57.6 Å². The number of nitrogens with zero attached hydrogens (tertiary/aromatic N) is 1. The van der Waals surface area contributed by atoms with Gasteiger partial charge in [0.25, 0.3) is 5.91 Å². The minimum atomic E-state index is 0.0195. The number of likely N-dealkylation sites (N-methyl/N-ethyl adjacent to an activating group) is 1. The predicted octanol–water partition coefficient (Wildman–Crippen LogP) is 4.09. The van der Waals surface area contributed by atoms with Gasteiger partial charge >= 0.3 is 0 Å². The lowest BCUT2D eigenvalue weighted by atomic mass is 10.1. The van der Waals surface area contributed by atoms with Gasteiger partial charge in [-0.2, -0.15) is 0 Å². The lowest BCUT2D eigenvalue weighted by Crippen LogP contribution is -2.28. The Balaban J connectivity index is 2.03. The molecule has 4 nitrogen and oxygen atoms in total. The molecule has 0 aromatic heterocycles. The molecule has 0 fully saturated rings. The van der Waals surface area contributed by atoms with Crippen LogP contribution in [0.4, 0.5) is 0 Å². The number of benzene rings is 2. The van der Waals surface area contributed by atoms with Crippen LogP contribution in [0.1, 0.15) is 21.5 Å². The van der Waals surface area contributed by atoms with E-state index in [2.05, 4.69) is 15.9 Å². The Kier molecular flexibility index (Phi) is 6.26. The molecule has 5 heteroatoms. The number of ether oxygens (including phenoxy) is 2. The fraction of sp³-hybridized carbons (Fsp3) is 0.316. The molecule has 0 saturated carbocycles. The van der Waals surface area contributed by atoms with Crippen molar-refractivity contribution >= 4 is 21.8 Å². The maximum absolute atomic E-state index is 12.5. The summed E-state index contributed by atoms with van der Waals surface area (Å²) in [7, 11) is 5.05. The molecule has 0 saturated heterocycles. The van der Waals surface area contributed by atoms with E-state index in [1.54, 1.807) is 19.1 Å². The highest BCUT2D eigenvalue weighted by Gasteiger charge is 2.13. The zero-order chi connectivity index (χ0) is 17.7. The molecule has 2 aromatic carbocycles. The normalized spacial score (nSPS) is 10.4. The molecule has 0 unspecified atom stereocenters. The standard InChI is InChI=1S/C19H22BrNO3/c1-13-11-15(6-7-16(13)20)19(22)21(2)10-9-14-5-8-17(23-3)18(12-14)24-4/h5-8,11-12H,9-10H2,1-4H3. The van der Waals surface area contributed by atoms with Crippen molar-refractivity contribution in [1.82, 2.24) is 4.90 Å². The molecule has 0 bridgehead atoms. The van der Waals surface area contributed by atoms with Crippen LogP contribution in [0, 0.1) is 6.92 Å². The Morgan fingerprint density at radius 3 is 2.42 bits per heavy atom. The molecular formula is C19H22BrNO3. The Bertz CT molecular complexity index is 731. The molecule has 0 aliphatic rings. The third-order valence-corrected chi connectivity index (χ3v) is 4.83. The summed E-state index contributed by atoms with van der Waals surface area (Å²) in [6, 6.07) is 11.5. The van der Waals surface area contributed by atoms with E-state index >= 15 is 0 Å². The minimum absolute atomic E-state index is 0.0195. The van der Waals surface area contributed by atoms with Crippen LogP contribution >= 0.6 is 15.9 Å². The number of hydrogen-bond donors (Lipinski definition) is 0. The van der Waals surface area contributed by atoms with E-state index < -0.39 is 0 Å². The average molecular weight is 392 g/mol. The average Bonchev–Trinajstić information content (AvgIpc) is 2.60. The SMILES string of the molecule is COc1ccc(CCN(C)C(=O)c2ccc(Br)c(C)c2)cc1OC. The molecule has 0 aliphatic heterocycles. The monoisotopic (exact) mass is 391 g/mol. The van der Waals surface area contributed by atoms with Crippen molar-refractivity contribution < 1.29 is 14.3 Å². The first-order valence-corrected chi connectivity index (χ1v) is 8.48. The molecule has 128 valence electrons. The van der Waals surface area contributed by atoms with Crippen LogP contribution in [-0.2, 0) is 6.42 Å². The van der Waals surface area contributed by atoms with Crippen LogP contribution in [-0.4, -0.2) is 38.6 Å². The Hall–Kier alpha value is -2.01. The van der Waals surface area contributed by atoms with Gasteiger partial charge in [0.1, 0.15) is 0 Å². The number of carbonyl (C=O) groups is 1. The predicted molar refractivity (Wildman–Crippen MR) is 99.1 cm³/mol. The molecule has 2 aromatic rings. The van der Waals surface area contributed by atoms with Crippen LogP contribution in [0.15, 0.2) is 40.9 Å².